The highest BCUT2D eigenvalue weighted by Crippen LogP contribution is 2.28. The third kappa shape index (κ3) is 3.90. The van der Waals surface area contributed by atoms with Crippen molar-refractivity contribution < 1.29 is 4.39 Å². The summed E-state index contributed by atoms with van der Waals surface area (Å²) in [5.74, 6) is -0.148. The standard InChI is InChI=1S/C17H22FNS/c1-4-17(2,3)12-19-11-13-7-8-15(18)14(10-13)16-6-5-9-20-16/h5-10,19H,4,11-12H2,1-3H3. The SMILES string of the molecule is CCC(C)(C)CNCc1ccc(F)c(-c2cccs2)c1. The van der Waals surface area contributed by atoms with E-state index in [0.717, 1.165) is 30.0 Å². The van der Waals surface area contributed by atoms with Crippen LogP contribution < -0.4 is 5.32 Å². The Morgan fingerprint density at radius 1 is 1.25 bits per heavy atom. The van der Waals surface area contributed by atoms with Gasteiger partial charge in [-0.15, -0.1) is 11.3 Å². The van der Waals surface area contributed by atoms with Gasteiger partial charge >= 0.3 is 0 Å². The zero-order valence-corrected chi connectivity index (χ0v) is 13.2. The first-order valence-corrected chi connectivity index (χ1v) is 7.93. The average molecular weight is 291 g/mol. The Kier molecular flexibility index (Phi) is 4.95. The van der Waals surface area contributed by atoms with E-state index in [1.807, 2.05) is 29.6 Å². The van der Waals surface area contributed by atoms with Crippen molar-refractivity contribution in [2.24, 2.45) is 5.41 Å². The van der Waals surface area contributed by atoms with Crippen molar-refractivity contribution in [2.75, 3.05) is 6.54 Å². The molecule has 108 valence electrons. The molecule has 20 heavy (non-hydrogen) atoms. The first-order valence-electron chi connectivity index (χ1n) is 7.05. The summed E-state index contributed by atoms with van der Waals surface area (Å²) in [7, 11) is 0. The predicted molar refractivity (Wildman–Crippen MR) is 85.5 cm³/mol. The van der Waals surface area contributed by atoms with Gasteiger partial charge in [-0.2, -0.15) is 0 Å². The zero-order chi connectivity index (χ0) is 14.6. The van der Waals surface area contributed by atoms with E-state index in [4.69, 9.17) is 0 Å². The molecule has 1 heterocycles. The third-order valence-electron chi connectivity index (χ3n) is 3.71. The van der Waals surface area contributed by atoms with Crippen LogP contribution in [0, 0.1) is 11.2 Å². The number of thiophene rings is 1. The van der Waals surface area contributed by atoms with Gasteiger partial charge in [0.1, 0.15) is 5.82 Å². The molecule has 1 aromatic carbocycles. The lowest BCUT2D eigenvalue weighted by Crippen LogP contribution is -2.28. The van der Waals surface area contributed by atoms with Gasteiger partial charge in [0, 0.05) is 23.5 Å². The highest BCUT2D eigenvalue weighted by atomic mass is 32.1. The number of hydrogen-bond acceptors (Lipinski definition) is 2. The van der Waals surface area contributed by atoms with Crippen LogP contribution in [-0.4, -0.2) is 6.54 Å². The van der Waals surface area contributed by atoms with Gasteiger partial charge in [0.05, 0.1) is 0 Å². The van der Waals surface area contributed by atoms with Crippen molar-refractivity contribution in [1.82, 2.24) is 5.32 Å². The average Bonchev–Trinajstić information content (AvgIpc) is 2.94. The van der Waals surface area contributed by atoms with Gasteiger partial charge in [-0.3, -0.25) is 0 Å². The Bertz CT molecular complexity index is 546. The summed E-state index contributed by atoms with van der Waals surface area (Å²) in [5.41, 5.74) is 2.13. The maximum absolute atomic E-state index is 13.9. The Morgan fingerprint density at radius 3 is 2.70 bits per heavy atom. The summed E-state index contributed by atoms with van der Waals surface area (Å²) in [6.07, 6.45) is 1.14. The molecule has 1 N–H and O–H groups in total. The number of hydrogen-bond donors (Lipinski definition) is 1. The largest absolute Gasteiger partial charge is 0.312 e. The molecule has 0 radical (unpaired) electrons. The van der Waals surface area contributed by atoms with E-state index in [2.05, 4.69) is 26.1 Å². The smallest absolute Gasteiger partial charge is 0.131 e. The molecule has 0 aliphatic rings. The number of benzene rings is 1. The van der Waals surface area contributed by atoms with Crippen LogP contribution in [0.4, 0.5) is 4.39 Å². The van der Waals surface area contributed by atoms with Gasteiger partial charge in [-0.25, -0.2) is 4.39 Å². The molecule has 0 saturated carbocycles. The lowest BCUT2D eigenvalue weighted by atomic mass is 9.90. The van der Waals surface area contributed by atoms with Gasteiger partial charge < -0.3 is 5.32 Å². The first-order chi connectivity index (χ1) is 9.52. The molecule has 0 aliphatic heterocycles. The van der Waals surface area contributed by atoms with Crippen LogP contribution in [-0.2, 0) is 6.54 Å². The second-order valence-corrected chi connectivity index (χ2v) is 6.86. The molecule has 0 unspecified atom stereocenters. The minimum Gasteiger partial charge on any atom is -0.312 e. The molecule has 0 saturated heterocycles. The Hall–Kier alpha value is -1.19. The molecule has 0 aliphatic carbocycles. The summed E-state index contributed by atoms with van der Waals surface area (Å²) >= 11 is 1.57. The fourth-order valence-electron chi connectivity index (χ4n) is 1.97. The number of rotatable bonds is 6. The van der Waals surface area contributed by atoms with E-state index in [1.165, 1.54) is 0 Å². The van der Waals surface area contributed by atoms with Crippen molar-refractivity contribution in [3.05, 3.63) is 47.1 Å². The third-order valence-corrected chi connectivity index (χ3v) is 4.61. The van der Waals surface area contributed by atoms with Gasteiger partial charge in [-0.05, 0) is 41.0 Å². The summed E-state index contributed by atoms with van der Waals surface area (Å²) in [6, 6.07) is 9.29. The van der Waals surface area contributed by atoms with Crippen LogP contribution >= 0.6 is 11.3 Å². The predicted octanol–water partition coefficient (Wildman–Crippen LogP) is 5.08. The van der Waals surface area contributed by atoms with E-state index >= 15 is 0 Å². The number of nitrogens with one attached hydrogen (secondary N) is 1. The van der Waals surface area contributed by atoms with Crippen molar-refractivity contribution in [1.29, 1.82) is 0 Å². The summed E-state index contributed by atoms with van der Waals surface area (Å²) in [5, 5.41) is 5.44. The molecule has 1 aromatic heterocycles. The van der Waals surface area contributed by atoms with Crippen molar-refractivity contribution >= 4 is 11.3 Å². The second-order valence-electron chi connectivity index (χ2n) is 5.91. The van der Waals surface area contributed by atoms with Crippen molar-refractivity contribution in [3.8, 4) is 10.4 Å². The van der Waals surface area contributed by atoms with Crippen LogP contribution in [0.5, 0.6) is 0 Å². The maximum atomic E-state index is 13.9. The van der Waals surface area contributed by atoms with Crippen molar-refractivity contribution in [3.63, 3.8) is 0 Å². The molecule has 0 spiro atoms. The molecule has 1 nitrogen and oxygen atoms in total. The number of halogens is 1. The molecular formula is C17H22FNS. The van der Waals surface area contributed by atoms with Crippen LogP contribution in [0.25, 0.3) is 10.4 Å². The lowest BCUT2D eigenvalue weighted by Gasteiger charge is -2.23. The molecular weight excluding hydrogens is 269 g/mol. The van der Waals surface area contributed by atoms with Gasteiger partial charge in [-0.1, -0.05) is 32.9 Å². The first kappa shape index (κ1) is 15.2. The Labute approximate surface area is 124 Å². The van der Waals surface area contributed by atoms with Crippen LogP contribution in [0.1, 0.15) is 32.8 Å². The van der Waals surface area contributed by atoms with Crippen LogP contribution in [0.2, 0.25) is 0 Å². The normalized spacial score (nSPS) is 11.8. The molecule has 0 bridgehead atoms. The van der Waals surface area contributed by atoms with Gasteiger partial charge in [0.2, 0.25) is 0 Å². The van der Waals surface area contributed by atoms with Crippen LogP contribution in [0.15, 0.2) is 35.7 Å². The highest BCUT2D eigenvalue weighted by Gasteiger charge is 2.14. The molecule has 0 amide bonds. The highest BCUT2D eigenvalue weighted by molar-refractivity contribution is 7.13. The van der Waals surface area contributed by atoms with Crippen molar-refractivity contribution in [2.45, 2.75) is 33.7 Å². The topological polar surface area (TPSA) is 12.0 Å². The Balaban J connectivity index is 2.05. The van der Waals surface area contributed by atoms with Crippen LogP contribution in [0.3, 0.4) is 0 Å². The fraction of sp³-hybridized carbons (Fsp3) is 0.412. The summed E-state index contributed by atoms with van der Waals surface area (Å²) in [4.78, 5) is 0.984. The molecule has 2 aromatic rings. The van der Waals surface area contributed by atoms with E-state index in [9.17, 15) is 4.39 Å². The quantitative estimate of drug-likeness (QED) is 0.782. The second kappa shape index (κ2) is 6.51. The Morgan fingerprint density at radius 2 is 2.05 bits per heavy atom. The van der Waals surface area contributed by atoms with E-state index in [1.54, 1.807) is 17.4 Å². The lowest BCUT2D eigenvalue weighted by molar-refractivity contribution is 0.327. The van der Waals surface area contributed by atoms with Gasteiger partial charge in [0.25, 0.3) is 0 Å². The summed E-state index contributed by atoms with van der Waals surface area (Å²) < 4.78 is 13.9. The molecule has 2 rings (SSSR count). The van der Waals surface area contributed by atoms with E-state index < -0.39 is 0 Å². The molecule has 3 heteroatoms. The minimum atomic E-state index is -0.148. The minimum absolute atomic E-state index is 0.148. The fourth-order valence-corrected chi connectivity index (χ4v) is 2.72. The molecule has 0 fully saturated rings. The monoisotopic (exact) mass is 291 g/mol. The summed E-state index contributed by atoms with van der Waals surface area (Å²) in [6.45, 7) is 8.45. The van der Waals surface area contributed by atoms with E-state index in [0.29, 0.717) is 11.0 Å². The zero-order valence-electron chi connectivity index (χ0n) is 12.4. The molecule has 0 atom stereocenters. The van der Waals surface area contributed by atoms with E-state index in [-0.39, 0.29) is 5.82 Å². The maximum Gasteiger partial charge on any atom is 0.131 e. The van der Waals surface area contributed by atoms with Gasteiger partial charge in [0.15, 0.2) is 0 Å².